The molecule has 32 heavy (non-hydrogen) atoms. The van der Waals surface area contributed by atoms with Gasteiger partial charge in [-0.1, -0.05) is 30.2 Å². The molecule has 0 fully saturated rings. The van der Waals surface area contributed by atoms with Crippen LogP contribution in [0.5, 0.6) is 11.5 Å². The van der Waals surface area contributed by atoms with E-state index in [1.807, 2.05) is 0 Å². The average Bonchev–Trinajstić information content (AvgIpc) is 2.72. The Morgan fingerprint density at radius 1 is 1.09 bits per heavy atom. The maximum Gasteiger partial charge on any atom is 0.308 e. The Morgan fingerprint density at radius 2 is 1.69 bits per heavy atom. The van der Waals surface area contributed by atoms with E-state index < -0.39 is 41.0 Å². The van der Waals surface area contributed by atoms with Crippen LogP contribution in [0.3, 0.4) is 0 Å². The molecular formula is C24H18O8. The van der Waals surface area contributed by atoms with Gasteiger partial charge >= 0.3 is 11.9 Å². The fourth-order valence-corrected chi connectivity index (χ4v) is 4.42. The SMILES string of the molecule is C#C[C@]1(OC(C)=O)Cc2c(OC(C)=O)c3c(c(O)c2[C@H](O)C1)C(=O)c1ccccc1C3=O. The van der Waals surface area contributed by atoms with Crippen LogP contribution in [0.4, 0.5) is 0 Å². The molecule has 0 aliphatic heterocycles. The minimum Gasteiger partial charge on any atom is -0.507 e. The highest BCUT2D eigenvalue weighted by atomic mass is 16.6. The largest absolute Gasteiger partial charge is 0.507 e. The number of phenolic OH excluding ortho intramolecular Hbond substituents is 1. The average molecular weight is 434 g/mol. The number of hydrogen-bond donors (Lipinski definition) is 2. The van der Waals surface area contributed by atoms with E-state index in [-0.39, 0.29) is 52.0 Å². The molecular weight excluding hydrogens is 416 g/mol. The van der Waals surface area contributed by atoms with E-state index in [0.717, 1.165) is 13.8 Å². The highest BCUT2D eigenvalue weighted by molar-refractivity contribution is 6.30. The first-order chi connectivity index (χ1) is 15.1. The molecule has 2 aliphatic rings. The maximum absolute atomic E-state index is 13.3. The standard InChI is InChI=1S/C24H18O8/c1-4-24(32-12(3)26)9-15-17(16(27)10-24)22(30)18-19(23(15)31-11(2)25)21(29)14-8-6-5-7-13(14)20(18)28/h1,5-8,16,27,30H,9-10H2,2-3H3/t16-,24+/m1/s1. The lowest BCUT2D eigenvalue weighted by Crippen LogP contribution is -2.41. The maximum atomic E-state index is 13.3. The molecule has 0 amide bonds. The molecule has 0 aromatic heterocycles. The topological polar surface area (TPSA) is 127 Å². The van der Waals surface area contributed by atoms with Crippen LogP contribution in [-0.4, -0.2) is 39.3 Å². The Kier molecular flexibility index (Phi) is 4.87. The van der Waals surface area contributed by atoms with Crippen molar-refractivity contribution in [1.29, 1.82) is 0 Å². The Bertz CT molecular complexity index is 1270. The zero-order chi connectivity index (χ0) is 23.4. The second-order valence-corrected chi connectivity index (χ2v) is 7.75. The molecule has 0 saturated carbocycles. The van der Waals surface area contributed by atoms with E-state index in [1.165, 1.54) is 12.1 Å². The van der Waals surface area contributed by atoms with Gasteiger partial charge in [-0.3, -0.25) is 19.2 Å². The number of ether oxygens (including phenoxy) is 2. The summed E-state index contributed by atoms with van der Waals surface area (Å²) >= 11 is 0. The second-order valence-electron chi connectivity index (χ2n) is 7.75. The zero-order valence-electron chi connectivity index (χ0n) is 17.2. The fourth-order valence-electron chi connectivity index (χ4n) is 4.42. The highest BCUT2D eigenvalue weighted by Gasteiger charge is 2.47. The Balaban J connectivity index is 2.06. The van der Waals surface area contributed by atoms with Gasteiger partial charge in [-0.25, -0.2) is 0 Å². The van der Waals surface area contributed by atoms with Gasteiger partial charge in [-0.2, -0.15) is 0 Å². The first kappa shape index (κ1) is 21.3. The third-order valence-electron chi connectivity index (χ3n) is 5.61. The predicted molar refractivity (Wildman–Crippen MR) is 109 cm³/mol. The van der Waals surface area contributed by atoms with E-state index >= 15 is 0 Å². The molecule has 2 atom stereocenters. The van der Waals surface area contributed by atoms with Crippen LogP contribution in [0.25, 0.3) is 0 Å². The summed E-state index contributed by atoms with van der Waals surface area (Å²) in [5.74, 6) is -1.31. The number of ketones is 2. The molecule has 2 aromatic rings. The van der Waals surface area contributed by atoms with Crippen molar-refractivity contribution in [2.24, 2.45) is 0 Å². The minimum atomic E-state index is -1.60. The monoisotopic (exact) mass is 434 g/mol. The van der Waals surface area contributed by atoms with Gasteiger partial charge in [0, 0.05) is 48.9 Å². The summed E-state index contributed by atoms with van der Waals surface area (Å²) in [5, 5.41) is 21.9. The van der Waals surface area contributed by atoms with Gasteiger partial charge in [0.25, 0.3) is 0 Å². The van der Waals surface area contributed by atoms with Gasteiger partial charge in [0.1, 0.15) is 11.5 Å². The molecule has 8 heteroatoms. The lowest BCUT2D eigenvalue weighted by atomic mass is 9.73. The van der Waals surface area contributed by atoms with Gasteiger partial charge in [-0.15, -0.1) is 6.42 Å². The number of hydrogen-bond acceptors (Lipinski definition) is 8. The highest BCUT2D eigenvalue weighted by Crippen LogP contribution is 2.51. The van der Waals surface area contributed by atoms with Crippen LogP contribution in [0.2, 0.25) is 0 Å². The number of rotatable bonds is 2. The summed E-state index contributed by atoms with van der Waals surface area (Å²) in [6.07, 6.45) is 3.64. The number of terminal acetylenes is 1. The number of carbonyl (C=O) groups is 4. The Morgan fingerprint density at radius 3 is 2.22 bits per heavy atom. The third kappa shape index (κ3) is 3.06. The molecule has 2 N–H and O–H groups in total. The minimum absolute atomic E-state index is 0.0231. The number of fused-ring (bicyclic) bond motifs is 3. The third-order valence-corrected chi connectivity index (χ3v) is 5.61. The molecule has 8 nitrogen and oxygen atoms in total. The van der Waals surface area contributed by atoms with Crippen molar-refractivity contribution in [3.05, 3.63) is 57.6 Å². The Hall–Kier alpha value is -3.96. The van der Waals surface area contributed by atoms with Crippen molar-refractivity contribution in [2.75, 3.05) is 0 Å². The molecule has 0 saturated heterocycles. The number of aromatic hydroxyl groups is 1. The molecule has 0 bridgehead atoms. The van der Waals surface area contributed by atoms with Gasteiger partial charge < -0.3 is 19.7 Å². The molecule has 162 valence electrons. The van der Waals surface area contributed by atoms with Crippen LogP contribution < -0.4 is 4.74 Å². The lowest BCUT2D eigenvalue weighted by molar-refractivity contribution is -0.154. The normalized spacial score (nSPS) is 21.0. The van der Waals surface area contributed by atoms with Gasteiger partial charge in [0.2, 0.25) is 0 Å². The van der Waals surface area contributed by atoms with E-state index in [2.05, 4.69) is 5.92 Å². The van der Waals surface area contributed by atoms with E-state index in [0.29, 0.717) is 0 Å². The van der Waals surface area contributed by atoms with Crippen LogP contribution in [0.15, 0.2) is 24.3 Å². The van der Waals surface area contributed by atoms with Crippen molar-refractivity contribution >= 4 is 23.5 Å². The quantitative estimate of drug-likeness (QED) is 0.356. The second kappa shape index (κ2) is 7.32. The van der Waals surface area contributed by atoms with Gasteiger partial charge in [0.15, 0.2) is 17.2 Å². The number of phenols is 1. The summed E-state index contributed by atoms with van der Waals surface area (Å²) in [5.41, 5.74) is -2.18. The summed E-state index contributed by atoms with van der Waals surface area (Å²) < 4.78 is 10.6. The molecule has 0 unspecified atom stereocenters. The molecule has 4 rings (SSSR count). The van der Waals surface area contributed by atoms with E-state index in [4.69, 9.17) is 15.9 Å². The van der Waals surface area contributed by atoms with Crippen LogP contribution >= 0.6 is 0 Å². The van der Waals surface area contributed by atoms with Gasteiger partial charge in [0.05, 0.1) is 17.2 Å². The van der Waals surface area contributed by atoms with Crippen LogP contribution in [-0.2, 0) is 20.7 Å². The number of aliphatic hydroxyl groups excluding tert-OH is 1. The first-order valence-corrected chi connectivity index (χ1v) is 9.74. The van der Waals surface area contributed by atoms with Crippen molar-refractivity contribution in [1.82, 2.24) is 0 Å². The van der Waals surface area contributed by atoms with Crippen molar-refractivity contribution in [3.63, 3.8) is 0 Å². The lowest BCUT2D eigenvalue weighted by Gasteiger charge is -2.38. The molecule has 2 aromatic carbocycles. The van der Waals surface area contributed by atoms with Gasteiger partial charge in [-0.05, 0) is 0 Å². The summed E-state index contributed by atoms with van der Waals surface area (Å²) in [6, 6.07) is 6.05. The molecule has 0 heterocycles. The number of carbonyl (C=O) groups excluding carboxylic acids is 4. The van der Waals surface area contributed by atoms with Crippen LogP contribution in [0, 0.1) is 12.3 Å². The van der Waals surface area contributed by atoms with E-state index in [9.17, 15) is 29.4 Å². The first-order valence-electron chi connectivity index (χ1n) is 9.74. The predicted octanol–water partition coefficient (Wildman–Crippen LogP) is 2.01. The Labute approximate surface area is 182 Å². The zero-order valence-corrected chi connectivity index (χ0v) is 17.2. The fraction of sp³-hybridized carbons (Fsp3) is 0.250. The molecule has 2 aliphatic carbocycles. The number of esters is 2. The number of aliphatic hydroxyl groups is 1. The van der Waals surface area contributed by atoms with Crippen molar-refractivity contribution in [3.8, 4) is 23.8 Å². The van der Waals surface area contributed by atoms with Crippen molar-refractivity contribution < 1.29 is 38.9 Å². The number of benzene rings is 2. The van der Waals surface area contributed by atoms with Crippen LogP contribution in [0.1, 0.15) is 69.3 Å². The van der Waals surface area contributed by atoms with E-state index in [1.54, 1.807) is 12.1 Å². The van der Waals surface area contributed by atoms with Crippen molar-refractivity contribution in [2.45, 2.75) is 38.4 Å². The summed E-state index contributed by atoms with van der Waals surface area (Å²) in [6.45, 7) is 2.26. The smallest absolute Gasteiger partial charge is 0.308 e. The summed E-state index contributed by atoms with van der Waals surface area (Å²) in [4.78, 5) is 50.1. The molecule has 0 spiro atoms. The molecule has 0 radical (unpaired) electrons. The summed E-state index contributed by atoms with van der Waals surface area (Å²) in [7, 11) is 0.